The summed E-state index contributed by atoms with van der Waals surface area (Å²) in [7, 11) is 0. The van der Waals surface area contributed by atoms with Gasteiger partial charge in [-0.25, -0.2) is 0 Å². The summed E-state index contributed by atoms with van der Waals surface area (Å²) in [6.07, 6.45) is 0.833. The fourth-order valence-electron chi connectivity index (χ4n) is 2.84. The first-order valence-electron chi connectivity index (χ1n) is 7.68. The van der Waals surface area contributed by atoms with Crippen LogP contribution in [0.5, 0.6) is 0 Å². The normalized spacial score (nSPS) is 15.7. The lowest BCUT2D eigenvalue weighted by Crippen LogP contribution is -2.46. The predicted molar refractivity (Wildman–Crippen MR) is 84.7 cm³/mol. The van der Waals surface area contributed by atoms with Gasteiger partial charge in [0, 0.05) is 0 Å². The van der Waals surface area contributed by atoms with E-state index < -0.39 is 23.5 Å². The molecule has 2 aromatic rings. The number of ether oxygens (including phenoxy) is 1. The molecule has 0 saturated heterocycles. The number of carbonyl (C=O) groups is 2. The van der Waals surface area contributed by atoms with Crippen LogP contribution in [0.4, 0.5) is 0 Å². The van der Waals surface area contributed by atoms with Crippen molar-refractivity contribution in [1.29, 1.82) is 0 Å². The van der Waals surface area contributed by atoms with Crippen LogP contribution in [0.15, 0.2) is 60.7 Å². The summed E-state index contributed by atoms with van der Waals surface area (Å²) in [5, 5.41) is 9.41. The molecule has 0 amide bonds. The maximum absolute atomic E-state index is 12.5. The van der Waals surface area contributed by atoms with Crippen LogP contribution in [0.2, 0.25) is 0 Å². The van der Waals surface area contributed by atoms with E-state index in [1.54, 1.807) is 0 Å². The highest BCUT2D eigenvalue weighted by Crippen LogP contribution is 2.44. The Bertz CT molecular complexity index is 650. The number of esters is 1. The average Bonchev–Trinajstić information content (AvgIpc) is 2.53. The first-order chi connectivity index (χ1) is 11.1. The zero-order valence-electron chi connectivity index (χ0n) is 12.6. The Balaban J connectivity index is 1.91. The molecule has 0 bridgehead atoms. The Hall–Kier alpha value is -2.62. The van der Waals surface area contributed by atoms with Crippen molar-refractivity contribution >= 4 is 11.9 Å². The first-order valence-corrected chi connectivity index (χ1v) is 7.68. The molecule has 1 saturated carbocycles. The summed E-state index contributed by atoms with van der Waals surface area (Å²) in [5.41, 5.74) is 0.278. The van der Waals surface area contributed by atoms with Crippen LogP contribution in [0.1, 0.15) is 36.5 Å². The van der Waals surface area contributed by atoms with Crippen molar-refractivity contribution in [2.45, 2.75) is 25.4 Å². The van der Waals surface area contributed by atoms with Crippen molar-refractivity contribution < 1.29 is 19.4 Å². The summed E-state index contributed by atoms with van der Waals surface area (Å²) in [6, 6.07) is 18.8. The maximum Gasteiger partial charge on any atom is 0.324 e. The fourth-order valence-corrected chi connectivity index (χ4v) is 2.84. The van der Waals surface area contributed by atoms with Crippen molar-refractivity contribution in [3.63, 3.8) is 0 Å². The molecular weight excluding hydrogens is 292 g/mol. The average molecular weight is 310 g/mol. The number of rotatable bonds is 5. The van der Waals surface area contributed by atoms with Gasteiger partial charge in [0.25, 0.3) is 0 Å². The van der Waals surface area contributed by atoms with Gasteiger partial charge >= 0.3 is 11.9 Å². The standard InChI is InChI=1S/C19H18O4/c20-17(21)19(12-7-13-19)18(22)23-16(14-8-3-1-4-9-14)15-10-5-2-6-11-15/h1-6,8-11,16H,7,12-13H2,(H,20,21). The molecule has 1 aliphatic rings. The molecular formula is C19H18O4. The largest absolute Gasteiger partial charge is 0.480 e. The molecule has 1 fully saturated rings. The van der Waals surface area contributed by atoms with Gasteiger partial charge in [-0.15, -0.1) is 0 Å². The van der Waals surface area contributed by atoms with Crippen LogP contribution in [0, 0.1) is 5.41 Å². The summed E-state index contributed by atoms with van der Waals surface area (Å²) in [4.78, 5) is 24.0. The van der Waals surface area contributed by atoms with Crippen molar-refractivity contribution in [3.05, 3.63) is 71.8 Å². The summed E-state index contributed by atoms with van der Waals surface area (Å²) < 4.78 is 5.67. The Morgan fingerprint density at radius 2 is 1.39 bits per heavy atom. The zero-order valence-corrected chi connectivity index (χ0v) is 12.6. The Labute approximate surface area is 134 Å². The Morgan fingerprint density at radius 3 is 1.74 bits per heavy atom. The van der Waals surface area contributed by atoms with E-state index >= 15 is 0 Å². The Morgan fingerprint density at radius 1 is 0.913 bits per heavy atom. The molecule has 1 N–H and O–H groups in total. The highest BCUT2D eigenvalue weighted by Gasteiger charge is 2.53. The van der Waals surface area contributed by atoms with Crippen LogP contribution in [0.3, 0.4) is 0 Å². The SMILES string of the molecule is O=C(O)C1(C(=O)OC(c2ccccc2)c2ccccc2)CCC1. The molecule has 118 valence electrons. The van der Waals surface area contributed by atoms with Crippen LogP contribution in [0.25, 0.3) is 0 Å². The highest BCUT2D eigenvalue weighted by molar-refractivity contribution is 6.00. The monoisotopic (exact) mass is 310 g/mol. The lowest BCUT2D eigenvalue weighted by Gasteiger charge is -2.36. The van der Waals surface area contributed by atoms with Crippen molar-refractivity contribution in [2.24, 2.45) is 5.41 Å². The van der Waals surface area contributed by atoms with Gasteiger partial charge in [-0.3, -0.25) is 9.59 Å². The van der Waals surface area contributed by atoms with E-state index in [0.717, 1.165) is 17.5 Å². The lowest BCUT2D eigenvalue weighted by atomic mass is 9.69. The van der Waals surface area contributed by atoms with Gasteiger partial charge in [0.05, 0.1) is 0 Å². The van der Waals surface area contributed by atoms with Gasteiger partial charge in [-0.05, 0) is 30.4 Å². The van der Waals surface area contributed by atoms with Gasteiger partial charge in [-0.2, -0.15) is 0 Å². The smallest absolute Gasteiger partial charge is 0.324 e. The molecule has 0 heterocycles. The number of aliphatic carboxylic acids is 1. The predicted octanol–water partition coefficient (Wildman–Crippen LogP) is 3.57. The number of benzene rings is 2. The molecule has 1 aliphatic carbocycles. The van der Waals surface area contributed by atoms with Crippen LogP contribution < -0.4 is 0 Å². The third-order valence-electron chi connectivity index (χ3n) is 4.44. The highest BCUT2D eigenvalue weighted by atomic mass is 16.5. The van der Waals surface area contributed by atoms with Crippen molar-refractivity contribution in [3.8, 4) is 0 Å². The first kappa shape index (κ1) is 15.3. The van der Waals surface area contributed by atoms with E-state index in [2.05, 4.69) is 0 Å². The molecule has 0 atom stereocenters. The van der Waals surface area contributed by atoms with Gasteiger partial charge in [-0.1, -0.05) is 60.7 Å². The second-order valence-corrected chi connectivity index (χ2v) is 5.85. The lowest BCUT2D eigenvalue weighted by molar-refractivity contribution is -0.178. The summed E-state index contributed by atoms with van der Waals surface area (Å²) in [6.45, 7) is 0. The zero-order chi connectivity index (χ0) is 16.3. The minimum Gasteiger partial charge on any atom is -0.480 e. The Kier molecular flexibility index (Phi) is 4.15. The van der Waals surface area contributed by atoms with Gasteiger partial charge in [0.2, 0.25) is 0 Å². The van der Waals surface area contributed by atoms with Crippen LogP contribution in [-0.4, -0.2) is 17.0 Å². The molecule has 0 radical (unpaired) electrons. The summed E-state index contributed by atoms with van der Waals surface area (Å²) >= 11 is 0. The van der Waals surface area contributed by atoms with E-state index in [1.807, 2.05) is 60.7 Å². The van der Waals surface area contributed by atoms with E-state index in [1.165, 1.54) is 0 Å². The number of hydrogen-bond acceptors (Lipinski definition) is 3. The molecule has 0 spiro atoms. The number of hydrogen-bond donors (Lipinski definition) is 1. The minimum absolute atomic E-state index is 0.345. The number of carboxylic acid groups (broad SMARTS) is 1. The van der Waals surface area contributed by atoms with Crippen LogP contribution in [-0.2, 0) is 14.3 Å². The van der Waals surface area contributed by atoms with Gasteiger partial charge in [0.1, 0.15) is 0 Å². The topological polar surface area (TPSA) is 63.6 Å². The van der Waals surface area contributed by atoms with Gasteiger partial charge in [0.15, 0.2) is 11.5 Å². The molecule has 4 heteroatoms. The molecule has 23 heavy (non-hydrogen) atoms. The van der Waals surface area contributed by atoms with E-state index in [0.29, 0.717) is 12.8 Å². The second-order valence-electron chi connectivity index (χ2n) is 5.85. The molecule has 0 aliphatic heterocycles. The van der Waals surface area contributed by atoms with E-state index in [4.69, 9.17) is 4.74 Å². The quantitative estimate of drug-likeness (QED) is 0.677. The van der Waals surface area contributed by atoms with Crippen molar-refractivity contribution in [2.75, 3.05) is 0 Å². The van der Waals surface area contributed by atoms with E-state index in [9.17, 15) is 14.7 Å². The van der Waals surface area contributed by atoms with Crippen molar-refractivity contribution in [1.82, 2.24) is 0 Å². The number of carboxylic acids is 1. The minimum atomic E-state index is -1.37. The third kappa shape index (κ3) is 2.84. The summed E-state index contributed by atoms with van der Waals surface area (Å²) in [5.74, 6) is -1.73. The van der Waals surface area contributed by atoms with Crippen LogP contribution >= 0.6 is 0 Å². The fraction of sp³-hybridized carbons (Fsp3) is 0.263. The molecule has 2 aromatic carbocycles. The maximum atomic E-state index is 12.5. The molecule has 0 aromatic heterocycles. The molecule has 0 unspecified atom stereocenters. The number of carbonyl (C=O) groups excluding carboxylic acids is 1. The molecule has 4 nitrogen and oxygen atoms in total. The molecule has 3 rings (SSSR count). The third-order valence-corrected chi connectivity index (χ3v) is 4.44. The van der Waals surface area contributed by atoms with Gasteiger partial charge < -0.3 is 9.84 Å². The second kappa shape index (κ2) is 6.24. The van der Waals surface area contributed by atoms with E-state index in [-0.39, 0.29) is 0 Å².